The van der Waals surface area contributed by atoms with Crippen molar-refractivity contribution in [3.8, 4) is 0 Å². The van der Waals surface area contributed by atoms with Gasteiger partial charge in [0, 0.05) is 25.4 Å². The second kappa shape index (κ2) is 7.79. The van der Waals surface area contributed by atoms with Gasteiger partial charge in [-0.05, 0) is 92.3 Å². The lowest BCUT2D eigenvalue weighted by molar-refractivity contribution is -0.161. The van der Waals surface area contributed by atoms with Crippen molar-refractivity contribution in [2.24, 2.45) is 40.4 Å². The summed E-state index contributed by atoms with van der Waals surface area (Å²) in [7, 11) is 1.85. The fraction of sp³-hybridized carbons (Fsp3) is 0.875. The van der Waals surface area contributed by atoms with Gasteiger partial charge in [0.05, 0.1) is 19.3 Å². The molecule has 168 valence electrons. The maximum absolute atomic E-state index is 13.3. The normalized spacial score (nSPS) is 47.7. The number of hydrogen-bond donors (Lipinski definition) is 3. The van der Waals surface area contributed by atoms with Crippen molar-refractivity contribution in [3.63, 3.8) is 0 Å². The van der Waals surface area contributed by atoms with Crippen LogP contribution in [0.2, 0.25) is 0 Å². The molecule has 0 amide bonds. The molecule has 1 heterocycles. The van der Waals surface area contributed by atoms with Crippen LogP contribution in [0, 0.1) is 40.4 Å². The van der Waals surface area contributed by atoms with Crippen LogP contribution in [0.4, 0.5) is 0 Å². The van der Waals surface area contributed by atoms with Crippen molar-refractivity contribution < 1.29 is 14.6 Å². The molecular weight excluding hydrogens is 378 g/mol. The van der Waals surface area contributed by atoms with Crippen LogP contribution in [0.1, 0.15) is 64.7 Å². The van der Waals surface area contributed by atoms with E-state index in [1.165, 1.54) is 25.7 Å². The van der Waals surface area contributed by atoms with Crippen LogP contribution >= 0.6 is 0 Å². The smallest absolute Gasteiger partial charge is 0.154 e. The number of hydrogen-bond acceptors (Lipinski definition) is 6. The van der Waals surface area contributed by atoms with Crippen LogP contribution in [0.25, 0.3) is 0 Å². The second-order valence-corrected chi connectivity index (χ2v) is 11.1. The van der Waals surface area contributed by atoms with Gasteiger partial charge in [0.1, 0.15) is 0 Å². The Morgan fingerprint density at radius 3 is 2.67 bits per heavy atom. The van der Waals surface area contributed by atoms with Gasteiger partial charge in [-0.3, -0.25) is 4.79 Å². The molecule has 0 aromatic carbocycles. The number of aliphatic hydroxyl groups is 1. The van der Waals surface area contributed by atoms with Crippen molar-refractivity contribution in [1.29, 1.82) is 0 Å². The maximum atomic E-state index is 13.3. The van der Waals surface area contributed by atoms with Gasteiger partial charge >= 0.3 is 0 Å². The van der Waals surface area contributed by atoms with Crippen LogP contribution in [0.15, 0.2) is 12.4 Å². The molecular formula is C24H39N3O3. The second-order valence-electron chi connectivity index (χ2n) is 11.1. The Labute approximate surface area is 180 Å². The first-order valence-electron chi connectivity index (χ1n) is 12.1. The molecule has 6 nitrogen and oxygen atoms in total. The summed E-state index contributed by atoms with van der Waals surface area (Å²) in [5.41, 5.74) is 6.55. The molecule has 0 aromatic rings. The van der Waals surface area contributed by atoms with Crippen LogP contribution in [-0.4, -0.2) is 42.4 Å². The molecule has 4 aliphatic carbocycles. The number of nitrogens with one attached hydrogen (secondary N) is 2. The van der Waals surface area contributed by atoms with Gasteiger partial charge < -0.3 is 20.7 Å². The fourth-order valence-corrected chi connectivity index (χ4v) is 8.76. The van der Waals surface area contributed by atoms with Crippen molar-refractivity contribution in [2.75, 3.05) is 20.3 Å². The summed E-state index contributed by atoms with van der Waals surface area (Å²) < 4.78 is 5.83. The Kier molecular flexibility index (Phi) is 5.39. The lowest BCUT2D eigenvalue weighted by Gasteiger charge is -2.61. The third-order valence-electron chi connectivity index (χ3n) is 10.00. The predicted molar refractivity (Wildman–Crippen MR) is 115 cm³/mol. The van der Waals surface area contributed by atoms with Crippen LogP contribution in [0.3, 0.4) is 0 Å². The van der Waals surface area contributed by atoms with Gasteiger partial charge in [0.2, 0.25) is 0 Å². The average molecular weight is 418 g/mol. The highest BCUT2D eigenvalue weighted by Crippen LogP contribution is 2.67. The standard InChI is InChI=1S/C24H39N3O3/c1-23-9-8-20-18(4-3-16-13-17(28)7-10-24(16,20)15-30-2)19(23)5-6-21(23)22(29)14-27-25-11-12-26-27/h11-12,16-21,25-26,28H,3-10,13-15H2,1-2H3/t16-,17+,18-,19-,20?,21+,23-,24+/m0/s1. The highest BCUT2D eigenvalue weighted by Gasteiger charge is 2.62. The molecule has 5 aliphatic rings. The molecule has 3 N–H and O–H groups in total. The van der Waals surface area contributed by atoms with E-state index in [-0.39, 0.29) is 22.9 Å². The monoisotopic (exact) mass is 417 g/mol. The number of Topliss-reactive ketones (excluding diaryl/α,β-unsaturated/α-hetero) is 1. The number of carbonyl (C=O) groups is 1. The molecule has 30 heavy (non-hydrogen) atoms. The van der Waals surface area contributed by atoms with E-state index in [2.05, 4.69) is 17.8 Å². The lowest BCUT2D eigenvalue weighted by Crippen LogP contribution is -2.57. The molecule has 0 aromatic heterocycles. The van der Waals surface area contributed by atoms with Gasteiger partial charge in [0.25, 0.3) is 0 Å². The first-order valence-corrected chi connectivity index (χ1v) is 12.1. The maximum Gasteiger partial charge on any atom is 0.154 e. The van der Waals surface area contributed by atoms with Gasteiger partial charge in [-0.1, -0.05) is 6.92 Å². The third kappa shape index (κ3) is 3.13. The molecule has 4 fully saturated rings. The van der Waals surface area contributed by atoms with E-state index in [0.29, 0.717) is 36.0 Å². The minimum Gasteiger partial charge on any atom is -0.393 e. The zero-order valence-electron chi connectivity index (χ0n) is 18.6. The van der Waals surface area contributed by atoms with E-state index in [9.17, 15) is 9.90 Å². The number of ketones is 1. The molecule has 0 bridgehead atoms. The van der Waals surface area contributed by atoms with Crippen molar-refractivity contribution in [2.45, 2.75) is 70.8 Å². The summed E-state index contributed by atoms with van der Waals surface area (Å²) in [6.07, 6.45) is 13.6. The molecule has 4 saturated carbocycles. The molecule has 6 heteroatoms. The Bertz CT molecular complexity index is 691. The molecule has 8 atom stereocenters. The highest BCUT2D eigenvalue weighted by molar-refractivity contribution is 5.84. The van der Waals surface area contributed by atoms with Crippen molar-refractivity contribution in [3.05, 3.63) is 12.4 Å². The number of ether oxygens (including phenoxy) is 1. The first-order chi connectivity index (χ1) is 14.5. The number of carbonyl (C=O) groups excluding carboxylic acids is 1. The van der Waals surface area contributed by atoms with Gasteiger partial charge in [0.15, 0.2) is 5.78 Å². The molecule has 0 radical (unpaired) electrons. The zero-order valence-corrected chi connectivity index (χ0v) is 18.6. The Morgan fingerprint density at radius 1 is 1.10 bits per heavy atom. The van der Waals surface area contributed by atoms with E-state index < -0.39 is 0 Å². The summed E-state index contributed by atoms with van der Waals surface area (Å²) >= 11 is 0. The number of aliphatic hydroxyl groups excluding tert-OH is 1. The summed E-state index contributed by atoms with van der Waals surface area (Å²) in [6, 6.07) is 0. The van der Waals surface area contributed by atoms with Gasteiger partial charge in [-0.2, -0.15) is 0 Å². The number of nitrogens with zero attached hydrogens (tertiary/aromatic N) is 1. The van der Waals surface area contributed by atoms with E-state index >= 15 is 0 Å². The highest BCUT2D eigenvalue weighted by atomic mass is 16.5. The van der Waals surface area contributed by atoms with Crippen LogP contribution < -0.4 is 10.9 Å². The number of rotatable bonds is 5. The molecule has 1 unspecified atom stereocenters. The van der Waals surface area contributed by atoms with Crippen LogP contribution in [-0.2, 0) is 9.53 Å². The number of methoxy groups -OCH3 is 1. The predicted octanol–water partition coefficient (Wildman–Crippen LogP) is 3.00. The Morgan fingerprint density at radius 2 is 1.90 bits per heavy atom. The van der Waals surface area contributed by atoms with E-state index in [1.54, 1.807) is 5.12 Å². The van der Waals surface area contributed by atoms with Crippen LogP contribution in [0.5, 0.6) is 0 Å². The van der Waals surface area contributed by atoms with E-state index in [0.717, 1.165) is 38.7 Å². The van der Waals surface area contributed by atoms with Crippen molar-refractivity contribution in [1.82, 2.24) is 16.0 Å². The van der Waals surface area contributed by atoms with E-state index in [4.69, 9.17) is 4.74 Å². The van der Waals surface area contributed by atoms with Crippen molar-refractivity contribution >= 4 is 5.78 Å². The molecule has 0 spiro atoms. The lowest BCUT2D eigenvalue weighted by atomic mass is 9.44. The van der Waals surface area contributed by atoms with Gasteiger partial charge in [-0.25, -0.2) is 0 Å². The number of fused-ring (bicyclic) bond motifs is 5. The molecule has 0 saturated heterocycles. The third-order valence-corrected chi connectivity index (χ3v) is 10.00. The minimum atomic E-state index is -0.124. The molecule has 1 aliphatic heterocycles. The number of hydrazine groups is 2. The summed E-state index contributed by atoms with van der Waals surface area (Å²) in [6.45, 7) is 3.69. The SMILES string of the molecule is COC[C@]12CC[C@@H](O)C[C@@H]1CC[C@@H]1C2CC[C@]2(C)[C@@H](C(=O)CN3NC=CN3)CC[C@@H]12. The summed E-state index contributed by atoms with van der Waals surface area (Å²) in [5.74, 6) is 3.23. The summed E-state index contributed by atoms with van der Waals surface area (Å²) in [5, 5.41) is 12.1. The fourth-order valence-electron chi connectivity index (χ4n) is 8.76. The Hall–Kier alpha value is -1.11. The van der Waals surface area contributed by atoms with E-state index in [1.807, 2.05) is 19.5 Å². The summed E-state index contributed by atoms with van der Waals surface area (Å²) in [4.78, 5) is 13.3. The minimum absolute atomic E-state index is 0.124. The first kappa shape index (κ1) is 20.8. The largest absolute Gasteiger partial charge is 0.393 e. The zero-order chi connectivity index (χ0) is 20.9. The average Bonchev–Trinajstić information content (AvgIpc) is 3.35. The quantitative estimate of drug-likeness (QED) is 0.639. The van der Waals surface area contributed by atoms with Gasteiger partial charge in [-0.15, -0.1) is 5.12 Å². The Balaban J connectivity index is 1.35. The topological polar surface area (TPSA) is 73.8 Å². The molecule has 5 rings (SSSR count).